The van der Waals surface area contributed by atoms with Gasteiger partial charge in [0.15, 0.2) is 0 Å². The molecule has 24 heavy (non-hydrogen) atoms. The van der Waals surface area contributed by atoms with E-state index < -0.39 is 0 Å². The Labute approximate surface area is 142 Å². The first kappa shape index (κ1) is 17.7. The standard InChI is InChI=1S/C20H22FNO2/c1-3-13-22(15-17-7-10-19(24-2)11-8-17)20(23)12-9-16-5-4-6-18(21)14-16/h3-8,10-11,14H,1,9,12-13,15H2,2H3. The van der Waals surface area contributed by atoms with Crippen LogP contribution in [0.4, 0.5) is 4.39 Å². The van der Waals surface area contributed by atoms with Gasteiger partial charge in [-0.1, -0.05) is 30.3 Å². The number of nitrogens with zero attached hydrogens (tertiary/aromatic N) is 1. The Morgan fingerprint density at radius 3 is 2.58 bits per heavy atom. The molecule has 2 aromatic carbocycles. The van der Waals surface area contributed by atoms with Gasteiger partial charge in [0.1, 0.15) is 11.6 Å². The van der Waals surface area contributed by atoms with Crippen LogP contribution in [0.5, 0.6) is 5.75 Å². The molecule has 126 valence electrons. The van der Waals surface area contributed by atoms with Gasteiger partial charge < -0.3 is 9.64 Å². The molecule has 2 rings (SSSR count). The number of aryl methyl sites for hydroxylation is 1. The Morgan fingerprint density at radius 1 is 1.21 bits per heavy atom. The molecule has 4 heteroatoms. The highest BCUT2D eigenvalue weighted by atomic mass is 19.1. The first-order valence-electron chi connectivity index (χ1n) is 7.88. The molecule has 0 aliphatic carbocycles. The number of rotatable bonds is 8. The SMILES string of the molecule is C=CCN(Cc1ccc(OC)cc1)C(=O)CCc1cccc(F)c1. The Hall–Kier alpha value is -2.62. The number of halogens is 1. The summed E-state index contributed by atoms with van der Waals surface area (Å²) in [4.78, 5) is 14.2. The number of carbonyl (C=O) groups excluding carboxylic acids is 1. The van der Waals surface area contributed by atoms with E-state index in [2.05, 4.69) is 6.58 Å². The van der Waals surface area contributed by atoms with E-state index in [-0.39, 0.29) is 11.7 Å². The number of benzene rings is 2. The molecule has 0 N–H and O–H groups in total. The summed E-state index contributed by atoms with van der Waals surface area (Å²) in [5, 5.41) is 0. The maximum absolute atomic E-state index is 13.2. The molecule has 0 saturated carbocycles. The fourth-order valence-electron chi connectivity index (χ4n) is 2.46. The van der Waals surface area contributed by atoms with Gasteiger partial charge in [0, 0.05) is 19.5 Å². The molecule has 0 heterocycles. The first-order valence-corrected chi connectivity index (χ1v) is 7.88. The van der Waals surface area contributed by atoms with Crippen LogP contribution in [-0.4, -0.2) is 24.5 Å². The largest absolute Gasteiger partial charge is 0.497 e. The van der Waals surface area contributed by atoms with E-state index >= 15 is 0 Å². The molecule has 0 bridgehead atoms. The van der Waals surface area contributed by atoms with Crippen LogP contribution in [0.2, 0.25) is 0 Å². The van der Waals surface area contributed by atoms with E-state index in [1.807, 2.05) is 30.3 Å². The van der Waals surface area contributed by atoms with Gasteiger partial charge in [-0.15, -0.1) is 6.58 Å². The van der Waals surface area contributed by atoms with E-state index in [1.165, 1.54) is 12.1 Å². The van der Waals surface area contributed by atoms with Crippen molar-refractivity contribution in [2.45, 2.75) is 19.4 Å². The summed E-state index contributed by atoms with van der Waals surface area (Å²) in [7, 11) is 1.62. The zero-order valence-corrected chi connectivity index (χ0v) is 13.9. The highest BCUT2D eigenvalue weighted by Crippen LogP contribution is 2.14. The van der Waals surface area contributed by atoms with Gasteiger partial charge in [-0.3, -0.25) is 4.79 Å². The molecule has 0 radical (unpaired) electrons. The van der Waals surface area contributed by atoms with Crippen LogP contribution >= 0.6 is 0 Å². The maximum atomic E-state index is 13.2. The summed E-state index contributed by atoms with van der Waals surface area (Å²) in [6, 6.07) is 14.0. The zero-order chi connectivity index (χ0) is 17.4. The molecule has 0 saturated heterocycles. The van der Waals surface area contributed by atoms with Crippen molar-refractivity contribution in [3.63, 3.8) is 0 Å². The molecular weight excluding hydrogens is 305 g/mol. The van der Waals surface area contributed by atoms with Gasteiger partial charge in [0.05, 0.1) is 7.11 Å². The third-order valence-electron chi connectivity index (χ3n) is 3.75. The lowest BCUT2D eigenvalue weighted by Gasteiger charge is -2.21. The summed E-state index contributed by atoms with van der Waals surface area (Å²) < 4.78 is 18.3. The molecule has 0 aliphatic heterocycles. The number of methoxy groups -OCH3 is 1. The van der Waals surface area contributed by atoms with Gasteiger partial charge in [0.2, 0.25) is 5.91 Å². The molecule has 0 aliphatic rings. The Morgan fingerprint density at radius 2 is 1.96 bits per heavy atom. The highest BCUT2D eigenvalue weighted by molar-refractivity contribution is 5.76. The van der Waals surface area contributed by atoms with Crippen molar-refractivity contribution < 1.29 is 13.9 Å². The van der Waals surface area contributed by atoms with Crippen LogP contribution in [0.15, 0.2) is 61.2 Å². The Bertz CT molecular complexity index is 682. The Kier molecular flexibility index (Phi) is 6.55. The fourth-order valence-corrected chi connectivity index (χ4v) is 2.46. The van der Waals surface area contributed by atoms with Crippen molar-refractivity contribution in [3.8, 4) is 5.75 Å². The number of hydrogen-bond donors (Lipinski definition) is 0. The van der Waals surface area contributed by atoms with Crippen LogP contribution in [0, 0.1) is 5.82 Å². The van der Waals surface area contributed by atoms with Crippen LogP contribution in [-0.2, 0) is 17.8 Å². The summed E-state index contributed by atoms with van der Waals surface area (Å²) in [6.45, 7) is 4.71. The monoisotopic (exact) mass is 327 g/mol. The Balaban J connectivity index is 1.97. The third kappa shape index (κ3) is 5.23. The van der Waals surface area contributed by atoms with Gasteiger partial charge in [-0.25, -0.2) is 4.39 Å². The minimum Gasteiger partial charge on any atom is -0.497 e. The van der Waals surface area contributed by atoms with Gasteiger partial charge in [-0.05, 0) is 41.8 Å². The molecule has 1 amide bonds. The van der Waals surface area contributed by atoms with Crippen LogP contribution in [0.25, 0.3) is 0 Å². The van der Waals surface area contributed by atoms with Gasteiger partial charge >= 0.3 is 0 Å². The number of carbonyl (C=O) groups is 1. The smallest absolute Gasteiger partial charge is 0.223 e. The molecule has 3 nitrogen and oxygen atoms in total. The van der Waals surface area contributed by atoms with Crippen LogP contribution in [0.3, 0.4) is 0 Å². The molecule has 0 fully saturated rings. The molecular formula is C20H22FNO2. The molecule has 0 atom stereocenters. The third-order valence-corrected chi connectivity index (χ3v) is 3.75. The summed E-state index contributed by atoms with van der Waals surface area (Å²) in [5.41, 5.74) is 1.85. The predicted molar refractivity (Wildman–Crippen MR) is 93.3 cm³/mol. The van der Waals surface area contributed by atoms with Crippen molar-refractivity contribution in [1.82, 2.24) is 4.90 Å². The number of hydrogen-bond acceptors (Lipinski definition) is 2. The summed E-state index contributed by atoms with van der Waals surface area (Å²) in [6.07, 6.45) is 2.57. The molecule has 0 spiro atoms. The van der Waals surface area contributed by atoms with E-state index in [4.69, 9.17) is 4.74 Å². The average Bonchev–Trinajstić information content (AvgIpc) is 2.60. The van der Waals surface area contributed by atoms with E-state index in [0.717, 1.165) is 16.9 Å². The van der Waals surface area contributed by atoms with Gasteiger partial charge in [0.25, 0.3) is 0 Å². The first-order chi connectivity index (χ1) is 11.6. The fraction of sp³-hybridized carbons (Fsp3) is 0.250. The van der Waals surface area contributed by atoms with Crippen molar-refractivity contribution in [2.75, 3.05) is 13.7 Å². The second kappa shape index (κ2) is 8.87. The maximum Gasteiger partial charge on any atom is 0.223 e. The average molecular weight is 327 g/mol. The second-order valence-electron chi connectivity index (χ2n) is 5.54. The lowest BCUT2D eigenvalue weighted by molar-refractivity contribution is -0.131. The molecule has 2 aromatic rings. The van der Waals surface area contributed by atoms with Crippen LogP contribution in [0.1, 0.15) is 17.5 Å². The lowest BCUT2D eigenvalue weighted by Crippen LogP contribution is -2.30. The normalized spacial score (nSPS) is 10.2. The number of ether oxygens (including phenoxy) is 1. The van der Waals surface area contributed by atoms with Crippen molar-refractivity contribution in [1.29, 1.82) is 0 Å². The van der Waals surface area contributed by atoms with Crippen molar-refractivity contribution in [2.24, 2.45) is 0 Å². The summed E-state index contributed by atoms with van der Waals surface area (Å²) >= 11 is 0. The van der Waals surface area contributed by atoms with Gasteiger partial charge in [-0.2, -0.15) is 0 Å². The zero-order valence-electron chi connectivity index (χ0n) is 13.9. The lowest BCUT2D eigenvalue weighted by atomic mass is 10.1. The quantitative estimate of drug-likeness (QED) is 0.686. The second-order valence-corrected chi connectivity index (χ2v) is 5.54. The van der Waals surface area contributed by atoms with Crippen LogP contribution < -0.4 is 4.74 Å². The highest BCUT2D eigenvalue weighted by Gasteiger charge is 2.13. The number of amides is 1. The minimum absolute atomic E-state index is 0.0231. The van der Waals surface area contributed by atoms with Crippen molar-refractivity contribution >= 4 is 5.91 Å². The predicted octanol–water partition coefficient (Wildman–Crippen LogP) is 3.98. The molecule has 0 unspecified atom stereocenters. The van der Waals surface area contributed by atoms with E-state index in [9.17, 15) is 9.18 Å². The minimum atomic E-state index is -0.277. The summed E-state index contributed by atoms with van der Waals surface area (Å²) in [5.74, 6) is 0.530. The molecule has 0 aromatic heterocycles. The van der Waals surface area contributed by atoms with E-state index in [0.29, 0.717) is 25.9 Å². The topological polar surface area (TPSA) is 29.5 Å². The van der Waals surface area contributed by atoms with Crippen molar-refractivity contribution in [3.05, 3.63) is 78.1 Å². The van der Waals surface area contributed by atoms with E-state index in [1.54, 1.807) is 24.2 Å².